The molecule has 3 atom stereocenters. The van der Waals surface area contributed by atoms with Crippen LogP contribution in [0.25, 0.3) is 10.8 Å². The summed E-state index contributed by atoms with van der Waals surface area (Å²) in [7, 11) is 0. The van der Waals surface area contributed by atoms with Gasteiger partial charge in [0, 0.05) is 12.6 Å². The van der Waals surface area contributed by atoms with E-state index in [-0.39, 0.29) is 36.2 Å². The lowest BCUT2D eigenvalue weighted by molar-refractivity contribution is -0.141. The zero-order valence-electron chi connectivity index (χ0n) is 11.5. The Hall–Kier alpha value is -2.20. The molecule has 2 aromatic carbocycles. The lowest BCUT2D eigenvalue weighted by Crippen LogP contribution is -2.38. The molecule has 1 saturated carbocycles. The van der Waals surface area contributed by atoms with Gasteiger partial charge >= 0.3 is 0 Å². The molecule has 0 spiro atoms. The number of imide groups is 1. The van der Waals surface area contributed by atoms with Gasteiger partial charge in [-0.05, 0) is 22.8 Å². The number of likely N-dealkylation sites (tertiary alicyclic amines) is 1. The number of fused-ring (bicyclic) bond motifs is 2. The Kier molecular flexibility index (Phi) is 2.62. The minimum Gasteiger partial charge on any atom is -0.322 e. The summed E-state index contributed by atoms with van der Waals surface area (Å²) in [5.74, 6) is -0.198. The van der Waals surface area contributed by atoms with Crippen molar-refractivity contribution < 1.29 is 9.59 Å². The van der Waals surface area contributed by atoms with E-state index in [9.17, 15) is 9.59 Å². The van der Waals surface area contributed by atoms with Crippen LogP contribution in [0.1, 0.15) is 18.0 Å². The fraction of sp³-hybridized carbons (Fsp3) is 0.294. The second-order valence-corrected chi connectivity index (χ2v) is 5.91. The molecule has 1 saturated heterocycles. The highest BCUT2D eigenvalue weighted by atomic mass is 16.2. The number of nitrogens with zero attached hydrogens (tertiary/aromatic N) is 1. The second kappa shape index (κ2) is 4.40. The van der Waals surface area contributed by atoms with Crippen LogP contribution in [0.2, 0.25) is 0 Å². The second-order valence-electron chi connectivity index (χ2n) is 5.91. The first-order chi connectivity index (χ1) is 10.2. The Morgan fingerprint density at radius 3 is 2.48 bits per heavy atom. The molecule has 0 radical (unpaired) electrons. The van der Waals surface area contributed by atoms with Crippen LogP contribution < -0.4 is 5.73 Å². The van der Waals surface area contributed by atoms with Gasteiger partial charge in [-0.15, -0.1) is 0 Å². The summed E-state index contributed by atoms with van der Waals surface area (Å²) in [6.45, 7) is 0.276. The van der Waals surface area contributed by atoms with E-state index in [2.05, 4.69) is 0 Å². The minimum absolute atomic E-state index is 0.0410. The predicted molar refractivity (Wildman–Crippen MR) is 79.2 cm³/mol. The highest BCUT2D eigenvalue weighted by Crippen LogP contribution is 2.47. The molecule has 1 aliphatic carbocycles. The fourth-order valence-electron chi connectivity index (χ4n) is 3.30. The number of rotatable bonds is 3. The molecule has 3 unspecified atom stereocenters. The van der Waals surface area contributed by atoms with E-state index in [4.69, 9.17) is 5.73 Å². The number of carbonyl (C=O) groups is 2. The van der Waals surface area contributed by atoms with Crippen molar-refractivity contribution in [3.63, 3.8) is 0 Å². The molecular formula is C17H16N2O2. The van der Waals surface area contributed by atoms with Crippen molar-refractivity contribution in [1.29, 1.82) is 0 Å². The van der Waals surface area contributed by atoms with E-state index in [0.717, 1.165) is 22.8 Å². The number of amides is 2. The van der Waals surface area contributed by atoms with Crippen LogP contribution in [-0.2, 0) is 9.59 Å². The van der Waals surface area contributed by atoms with Gasteiger partial charge in [0.25, 0.3) is 0 Å². The summed E-state index contributed by atoms with van der Waals surface area (Å²) in [4.78, 5) is 25.4. The topological polar surface area (TPSA) is 63.4 Å². The first-order valence-corrected chi connectivity index (χ1v) is 7.25. The molecule has 0 aromatic heterocycles. The Bertz CT molecular complexity index is 730. The van der Waals surface area contributed by atoms with E-state index in [0.29, 0.717) is 0 Å². The lowest BCUT2D eigenvalue weighted by atomic mass is 9.99. The quantitative estimate of drug-likeness (QED) is 0.873. The summed E-state index contributed by atoms with van der Waals surface area (Å²) >= 11 is 0. The molecule has 4 nitrogen and oxygen atoms in total. The number of hydrogen-bond acceptors (Lipinski definition) is 3. The van der Waals surface area contributed by atoms with Gasteiger partial charge in [-0.1, -0.05) is 42.5 Å². The molecule has 2 fully saturated rings. The van der Waals surface area contributed by atoms with Crippen LogP contribution in [0.4, 0.5) is 0 Å². The van der Waals surface area contributed by atoms with Gasteiger partial charge in [-0.25, -0.2) is 0 Å². The van der Waals surface area contributed by atoms with Gasteiger partial charge in [0.1, 0.15) is 0 Å². The minimum atomic E-state index is -0.346. The monoisotopic (exact) mass is 280 g/mol. The maximum Gasteiger partial charge on any atom is 0.233 e. The molecule has 2 amide bonds. The summed E-state index contributed by atoms with van der Waals surface area (Å²) in [6.07, 6.45) is 0.734. The van der Waals surface area contributed by atoms with Crippen LogP contribution in [0, 0.1) is 11.8 Å². The third-order valence-electron chi connectivity index (χ3n) is 4.56. The molecule has 4 rings (SSSR count). The summed E-state index contributed by atoms with van der Waals surface area (Å²) in [5.41, 5.74) is 7.26. The molecular weight excluding hydrogens is 264 g/mol. The van der Waals surface area contributed by atoms with Crippen molar-refractivity contribution >= 4 is 22.6 Å². The van der Waals surface area contributed by atoms with Crippen LogP contribution >= 0.6 is 0 Å². The highest BCUT2D eigenvalue weighted by molar-refractivity contribution is 6.08. The molecule has 106 valence electrons. The smallest absolute Gasteiger partial charge is 0.233 e. The van der Waals surface area contributed by atoms with Crippen molar-refractivity contribution in [2.24, 2.45) is 17.6 Å². The standard InChI is InChI=1S/C17H16N2O2/c18-15(9-19-16(20)13-8-14(13)17(19)21)12-7-3-5-10-4-1-2-6-11(10)12/h1-7,13-15H,8-9,18H2. The average molecular weight is 280 g/mol. The number of carbonyl (C=O) groups excluding carboxylic acids is 2. The summed E-state index contributed by atoms with van der Waals surface area (Å²) < 4.78 is 0. The Morgan fingerprint density at radius 2 is 1.71 bits per heavy atom. The maximum absolute atomic E-state index is 12.0. The van der Waals surface area contributed by atoms with Crippen LogP contribution in [0.5, 0.6) is 0 Å². The predicted octanol–water partition coefficient (Wildman–Crippen LogP) is 1.84. The Labute approximate surface area is 122 Å². The van der Waals surface area contributed by atoms with Gasteiger partial charge in [0.15, 0.2) is 0 Å². The number of hydrogen-bond donors (Lipinski definition) is 1. The van der Waals surface area contributed by atoms with Gasteiger partial charge in [0.05, 0.1) is 11.8 Å². The van der Waals surface area contributed by atoms with E-state index < -0.39 is 0 Å². The van der Waals surface area contributed by atoms with E-state index in [1.807, 2.05) is 42.5 Å². The third-order valence-corrected chi connectivity index (χ3v) is 4.56. The zero-order valence-corrected chi connectivity index (χ0v) is 11.5. The molecule has 2 aromatic rings. The molecule has 4 heteroatoms. The third kappa shape index (κ3) is 1.87. The van der Waals surface area contributed by atoms with Crippen molar-refractivity contribution in [3.05, 3.63) is 48.0 Å². The van der Waals surface area contributed by atoms with E-state index >= 15 is 0 Å². The van der Waals surface area contributed by atoms with Crippen molar-refractivity contribution in [2.75, 3.05) is 6.54 Å². The number of nitrogens with two attached hydrogens (primary N) is 1. The summed E-state index contributed by atoms with van der Waals surface area (Å²) in [6, 6.07) is 13.6. The Balaban J connectivity index is 1.64. The Morgan fingerprint density at radius 1 is 1.05 bits per heavy atom. The number of piperidine rings is 1. The SMILES string of the molecule is NC(CN1C(=O)C2CC2C1=O)c1cccc2ccccc12. The van der Waals surface area contributed by atoms with Crippen LogP contribution in [-0.4, -0.2) is 23.3 Å². The fourth-order valence-corrected chi connectivity index (χ4v) is 3.30. The highest BCUT2D eigenvalue weighted by Gasteiger charge is 2.58. The zero-order chi connectivity index (χ0) is 14.6. The molecule has 21 heavy (non-hydrogen) atoms. The first kappa shape index (κ1) is 12.5. The molecule has 2 aliphatic rings. The van der Waals surface area contributed by atoms with Gasteiger partial charge in [0.2, 0.25) is 11.8 Å². The van der Waals surface area contributed by atoms with Gasteiger partial charge < -0.3 is 5.73 Å². The largest absolute Gasteiger partial charge is 0.322 e. The maximum atomic E-state index is 12.0. The molecule has 2 N–H and O–H groups in total. The van der Waals surface area contributed by atoms with Crippen molar-refractivity contribution in [3.8, 4) is 0 Å². The van der Waals surface area contributed by atoms with Crippen LogP contribution in [0.15, 0.2) is 42.5 Å². The normalized spacial score (nSPS) is 25.3. The molecule has 1 heterocycles. The first-order valence-electron chi connectivity index (χ1n) is 7.25. The van der Waals surface area contributed by atoms with Crippen molar-refractivity contribution in [2.45, 2.75) is 12.5 Å². The van der Waals surface area contributed by atoms with Gasteiger partial charge in [-0.3, -0.25) is 14.5 Å². The molecule has 1 aliphatic heterocycles. The van der Waals surface area contributed by atoms with E-state index in [1.165, 1.54) is 4.90 Å². The number of benzene rings is 2. The van der Waals surface area contributed by atoms with Crippen molar-refractivity contribution in [1.82, 2.24) is 4.90 Å². The average Bonchev–Trinajstić information content (AvgIpc) is 3.27. The van der Waals surface area contributed by atoms with E-state index in [1.54, 1.807) is 0 Å². The summed E-state index contributed by atoms with van der Waals surface area (Å²) in [5, 5.41) is 2.20. The molecule has 0 bridgehead atoms. The van der Waals surface area contributed by atoms with Gasteiger partial charge in [-0.2, -0.15) is 0 Å². The lowest BCUT2D eigenvalue weighted by Gasteiger charge is -2.22. The van der Waals surface area contributed by atoms with Crippen LogP contribution in [0.3, 0.4) is 0 Å².